The highest BCUT2D eigenvalue weighted by Crippen LogP contribution is 2.61. The van der Waals surface area contributed by atoms with E-state index in [2.05, 4.69) is 24.3 Å². The molecule has 4 saturated carbocycles. The quantitative estimate of drug-likeness (QED) is 0.771. The first-order valence-corrected chi connectivity index (χ1v) is 10.4. The van der Waals surface area contributed by atoms with Crippen LogP contribution in [0.2, 0.25) is 5.02 Å². The zero-order chi connectivity index (χ0) is 19.3. The van der Waals surface area contributed by atoms with Gasteiger partial charge in [-0.05, 0) is 62.2 Å². The van der Waals surface area contributed by atoms with Gasteiger partial charge in [0.2, 0.25) is 0 Å². The lowest BCUT2D eigenvalue weighted by atomic mass is 9.48. The van der Waals surface area contributed by atoms with E-state index in [-0.39, 0.29) is 16.5 Å². The Labute approximate surface area is 164 Å². The number of halogens is 1. The highest BCUT2D eigenvalue weighted by molar-refractivity contribution is 6.32. The van der Waals surface area contributed by atoms with Crippen LogP contribution in [0.25, 0.3) is 0 Å². The summed E-state index contributed by atoms with van der Waals surface area (Å²) < 4.78 is 1.44. The third-order valence-electron chi connectivity index (χ3n) is 6.92. The Hall–Kier alpha value is -1.56. The number of aromatic nitrogens is 2. The van der Waals surface area contributed by atoms with E-state index in [1.807, 2.05) is 0 Å². The average molecular weight is 394 g/mol. The van der Waals surface area contributed by atoms with Crippen molar-refractivity contribution in [3.05, 3.63) is 21.6 Å². The third kappa shape index (κ3) is 3.06. The lowest BCUT2D eigenvalue weighted by Crippen LogP contribution is -2.63. The summed E-state index contributed by atoms with van der Waals surface area (Å²) in [7, 11) is 0. The van der Waals surface area contributed by atoms with E-state index < -0.39 is 17.4 Å². The van der Waals surface area contributed by atoms with Crippen molar-refractivity contribution < 1.29 is 9.90 Å². The summed E-state index contributed by atoms with van der Waals surface area (Å²) in [4.78, 5) is 25.3. The fraction of sp³-hybridized carbons (Fsp3) is 0.750. The lowest BCUT2D eigenvalue weighted by molar-refractivity contribution is -0.168. The van der Waals surface area contributed by atoms with Gasteiger partial charge in [-0.2, -0.15) is 5.10 Å². The van der Waals surface area contributed by atoms with Gasteiger partial charge in [0.05, 0.1) is 23.3 Å². The highest BCUT2D eigenvalue weighted by Gasteiger charge is 2.61. The first kappa shape index (κ1) is 18.8. The second-order valence-electron chi connectivity index (χ2n) is 9.23. The van der Waals surface area contributed by atoms with Crippen LogP contribution in [0.1, 0.15) is 52.4 Å². The van der Waals surface area contributed by atoms with Crippen molar-refractivity contribution in [1.82, 2.24) is 9.78 Å². The van der Waals surface area contributed by atoms with E-state index in [0.29, 0.717) is 23.4 Å². The summed E-state index contributed by atoms with van der Waals surface area (Å²) >= 11 is 6.40. The van der Waals surface area contributed by atoms with Crippen LogP contribution in [0.15, 0.2) is 11.0 Å². The van der Waals surface area contributed by atoms with Gasteiger partial charge in [0, 0.05) is 6.54 Å². The maximum atomic E-state index is 13.1. The molecular formula is C20H28ClN3O3. The number of hydrogen-bond acceptors (Lipinski definition) is 4. The largest absolute Gasteiger partial charge is 0.481 e. The molecule has 4 aliphatic carbocycles. The molecule has 1 aromatic rings. The second kappa shape index (κ2) is 6.80. The molecule has 27 heavy (non-hydrogen) atoms. The molecular weight excluding hydrogens is 366 g/mol. The SMILES string of the molecule is CC(C)CCNc1cnn(C23C[C@@H]4CC(C[C@H](C4)C2)[C@@H]3C(=O)O)c(=O)c1Cl. The third-order valence-corrected chi connectivity index (χ3v) is 7.28. The van der Waals surface area contributed by atoms with Crippen molar-refractivity contribution >= 4 is 23.3 Å². The standard InChI is InChI=1S/C20H28ClN3O3/c1-11(2)3-4-22-15-10-23-24(18(25)17(15)21)20-8-12-5-13(9-20)7-14(6-12)16(20)19(26)27/h10-14,16,22H,3-9H2,1-2H3,(H,26,27)/t12-,13-,14?,16+,20?/m0/s1. The lowest BCUT2D eigenvalue weighted by Gasteiger charge is -2.59. The fourth-order valence-corrected chi connectivity index (χ4v) is 6.30. The van der Waals surface area contributed by atoms with Crippen molar-refractivity contribution in [3.63, 3.8) is 0 Å². The monoisotopic (exact) mass is 393 g/mol. The van der Waals surface area contributed by atoms with Gasteiger partial charge in [-0.25, -0.2) is 4.68 Å². The number of hydrogen-bond donors (Lipinski definition) is 2. The summed E-state index contributed by atoms with van der Waals surface area (Å²) in [6.07, 6.45) is 7.10. The number of aliphatic carboxylic acids is 1. The fourth-order valence-electron chi connectivity index (χ4n) is 6.10. The maximum Gasteiger partial charge on any atom is 0.309 e. The van der Waals surface area contributed by atoms with E-state index in [9.17, 15) is 14.7 Å². The number of rotatable bonds is 6. The minimum absolute atomic E-state index is 0.119. The van der Waals surface area contributed by atoms with Gasteiger partial charge in [-0.3, -0.25) is 9.59 Å². The van der Waals surface area contributed by atoms with Gasteiger partial charge < -0.3 is 10.4 Å². The van der Waals surface area contributed by atoms with E-state index in [0.717, 1.165) is 45.1 Å². The first-order valence-electron chi connectivity index (χ1n) is 10.1. The van der Waals surface area contributed by atoms with Crippen LogP contribution in [-0.4, -0.2) is 27.4 Å². The normalized spacial score (nSPS) is 34.2. The molecule has 0 spiro atoms. The summed E-state index contributed by atoms with van der Waals surface area (Å²) in [6.45, 7) is 4.99. The zero-order valence-corrected chi connectivity index (χ0v) is 16.7. The minimum Gasteiger partial charge on any atom is -0.481 e. The summed E-state index contributed by atoms with van der Waals surface area (Å²) in [5.74, 6) is 0.330. The van der Waals surface area contributed by atoms with Crippen LogP contribution in [-0.2, 0) is 10.3 Å². The Bertz CT molecular complexity index is 792. The summed E-state index contributed by atoms with van der Waals surface area (Å²) in [5, 5.41) is 17.7. The number of nitrogens with one attached hydrogen (secondary N) is 1. The Morgan fingerprint density at radius 1 is 1.37 bits per heavy atom. The number of carbonyl (C=O) groups is 1. The smallest absolute Gasteiger partial charge is 0.309 e. The highest BCUT2D eigenvalue weighted by atomic mass is 35.5. The van der Waals surface area contributed by atoms with Gasteiger partial charge in [0.15, 0.2) is 0 Å². The second-order valence-corrected chi connectivity index (χ2v) is 9.60. The molecule has 4 fully saturated rings. The summed E-state index contributed by atoms with van der Waals surface area (Å²) in [6, 6.07) is 0. The van der Waals surface area contributed by atoms with Crippen LogP contribution in [0.3, 0.4) is 0 Å². The zero-order valence-electron chi connectivity index (χ0n) is 15.9. The van der Waals surface area contributed by atoms with Gasteiger partial charge in [-0.1, -0.05) is 25.4 Å². The van der Waals surface area contributed by atoms with Crippen molar-refractivity contribution in [2.75, 3.05) is 11.9 Å². The van der Waals surface area contributed by atoms with Crippen molar-refractivity contribution in [2.24, 2.45) is 29.6 Å². The molecule has 0 unspecified atom stereocenters. The Kier molecular flexibility index (Phi) is 4.73. The van der Waals surface area contributed by atoms with Crippen LogP contribution in [0.5, 0.6) is 0 Å². The first-order chi connectivity index (χ1) is 12.8. The molecule has 2 N–H and O–H groups in total. The molecule has 5 rings (SSSR count). The van der Waals surface area contributed by atoms with Crippen molar-refractivity contribution in [3.8, 4) is 0 Å². The molecule has 1 heterocycles. The molecule has 0 aliphatic heterocycles. The van der Waals surface area contributed by atoms with Crippen molar-refractivity contribution in [2.45, 2.75) is 57.9 Å². The number of anilines is 1. The molecule has 0 aromatic carbocycles. The minimum atomic E-state index is -0.803. The van der Waals surface area contributed by atoms with Crippen molar-refractivity contribution in [1.29, 1.82) is 0 Å². The molecule has 148 valence electrons. The molecule has 0 amide bonds. The molecule has 7 heteroatoms. The van der Waals surface area contributed by atoms with E-state index >= 15 is 0 Å². The van der Waals surface area contributed by atoms with E-state index in [4.69, 9.17) is 11.6 Å². The molecule has 4 aliphatic rings. The molecule has 0 saturated heterocycles. The van der Waals surface area contributed by atoms with Crippen LogP contribution < -0.4 is 10.9 Å². The van der Waals surface area contributed by atoms with Crippen LogP contribution in [0.4, 0.5) is 5.69 Å². The van der Waals surface area contributed by atoms with Crippen LogP contribution >= 0.6 is 11.6 Å². The average Bonchev–Trinajstić information content (AvgIpc) is 2.57. The predicted octanol–water partition coefficient (Wildman–Crippen LogP) is 3.59. The van der Waals surface area contributed by atoms with Gasteiger partial charge >= 0.3 is 5.97 Å². The Morgan fingerprint density at radius 3 is 2.63 bits per heavy atom. The van der Waals surface area contributed by atoms with Crippen LogP contribution in [0, 0.1) is 29.6 Å². The van der Waals surface area contributed by atoms with E-state index in [1.54, 1.807) is 6.20 Å². The predicted molar refractivity (Wildman–Crippen MR) is 104 cm³/mol. The number of nitrogens with zero attached hydrogens (tertiary/aromatic N) is 2. The maximum absolute atomic E-state index is 13.1. The number of carboxylic acid groups (broad SMARTS) is 1. The van der Waals surface area contributed by atoms with Gasteiger partial charge in [0.25, 0.3) is 5.56 Å². The molecule has 0 radical (unpaired) electrons. The Morgan fingerprint density at radius 2 is 2.04 bits per heavy atom. The molecule has 1 aromatic heterocycles. The molecule has 4 bridgehead atoms. The molecule has 6 nitrogen and oxygen atoms in total. The number of carboxylic acids is 1. The summed E-state index contributed by atoms with van der Waals surface area (Å²) in [5.41, 5.74) is -0.549. The topological polar surface area (TPSA) is 84.2 Å². The van der Waals surface area contributed by atoms with Gasteiger partial charge in [0.1, 0.15) is 5.02 Å². The van der Waals surface area contributed by atoms with Gasteiger partial charge in [-0.15, -0.1) is 0 Å². The van der Waals surface area contributed by atoms with E-state index in [1.165, 1.54) is 4.68 Å². The molecule has 3 atom stereocenters. The Balaban J connectivity index is 1.70.